The van der Waals surface area contributed by atoms with E-state index >= 15 is 0 Å². The lowest BCUT2D eigenvalue weighted by Crippen LogP contribution is -2.38. The smallest absolute Gasteiger partial charge is 0.232 e. The Morgan fingerprint density at radius 1 is 1.04 bits per heavy atom. The molecule has 6 nitrogen and oxygen atoms in total. The minimum absolute atomic E-state index is 0.477. The monoisotopic (exact) mass is 371 g/mol. The molecule has 1 aromatic heterocycles. The molecule has 0 amide bonds. The van der Waals surface area contributed by atoms with Crippen molar-refractivity contribution < 1.29 is 4.74 Å². The summed E-state index contributed by atoms with van der Waals surface area (Å²) in [6, 6.07) is 20.2. The molecule has 1 aliphatic rings. The molecule has 1 saturated heterocycles. The lowest BCUT2D eigenvalue weighted by Gasteiger charge is -2.28. The predicted molar refractivity (Wildman–Crippen MR) is 109 cm³/mol. The van der Waals surface area contributed by atoms with Crippen molar-refractivity contribution in [2.75, 3.05) is 31.2 Å². The fourth-order valence-electron chi connectivity index (χ4n) is 3.28. The van der Waals surface area contributed by atoms with Crippen molar-refractivity contribution in [2.45, 2.75) is 6.92 Å². The molecule has 0 N–H and O–H groups in total. The molecule has 3 aromatic rings. The Hall–Kier alpha value is -3.43. The van der Waals surface area contributed by atoms with Crippen LogP contribution in [0.4, 0.5) is 5.95 Å². The van der Waals surface area contributed by atoms with Gasteiger partial charge in [0.15, 0.2) is 5.82 Å². The van der Waals surface area contributed by atoms with Crippen LogP contribution >= 0.6 is 0 Å². The highest BCUT2D eigenvalue weighted by atomic mass is 16.5. The third-order valence-electron chi connectivity index (χ3n) is 4.80. The van der Waals surface area contributed by atoms with Gasteiger partial charge in [-0.2, -0.15) is 5.26 Å². The summed E-state index contributed by atoms with van der Waals surface area (Å²) < 4.78 is 7.43. The number of rotatable bonds is 4. The average molecular weight is 371 g/mol. The Morgan fingerprint density at radius 3 is 2.46 bits per heavy atom. The molecule has 0 aliphatic carbocycles. The molecule has 6 heteroatoms. The van der Waals surface area contributed by atoms with Gasteiger partial charge in [-0.15, -0.1) is 10.2 Å². The second-order valence-corrected chi connectivity index (χ2v) is 6.62. The fourth-order valence-corrected chi connectivity index (χ4v) is 3.28. The van der Waals surface area contributed by atoms with Gasteiger partial charge in [0.2, 0.25) is 5.95 Å². The van der Waals surface area contributed by atoms with Crippen molar-refractivity contribution in [1.29, 1.82) is 5.26 Å². The first kappa shape index (κ1) is 18.0. The van der Waals surface area contributed by atoms with E-state index in [2.05, 4.69) is 21.2 Å². The van der Waals surface area contributed by atoms with Gasteiger partial charge < -0.3 is 9.64 Å². The standard InChI is InChI=1S/C22H21N5O/c1-17-7-5-6-8-18(17)15-19(16-23)21-24-25-22(26-11-13-28-14-12-26)27(21)20-9-3-2-4-10-20/h2-10,15H,11-14H2,1H3/b19-15+. The third kappa shape index (κ3) is 3.53. The van der Waals surface area contributed by atoms with E-state index < -0.39 is 0 Å². The largest absolute Gasteiger partial charge is 0.378 e. The molecule has 2 heterocycles. The number of para-hydroxylation sites is 1. The summed E-state index contributed by atoms with van der Waals surface area (Å²) in [7, 11) is 0. The molecule has 0 atom stereocenters. The maximum Gasteiger partial charge on any atom is 0.232 e. The first-order valence-corrected chi connectivity index (χ1v) is 9.29. The van der Waals surface area contributed by atoms with Crippen molar-refractivity contribution >= 4 is 17.6 Å². The summed E-state index contributed by atoms with van der Waals surface area (Å²) in [5.41, 5.74) is 3.50. The first-order chi connectivity index (χ1) is 13.8. The van der Waals surface area contributed by atoms with Gasteiger partial charge in [-0.1, -0.05) is 42.5 Å². The number of allylic oxidation sites excluding steroid dienone is 1. The zero-order chi connectivity index (χ0) is 19.3. The minimum atomic E-state index is 0.477. The molecule has 0 spiro atoms. The molecule has 0 bridgehead atoms. The van der Waals surface area contributed by atoms with Gasteiger partial charge in [0.05, 0.1) is 24.5 Å². The van der Waals surface area contributed by atoms with E-state index in [4.69, 9.17) is 4.74 Å². The van der Waals surface area contributed by atoms with E-state index in [-0.39, 0.29) is 0 Å². The Kier molecular flexibility index (Phi) is 5.18. The minimum Gasteiger partial charge on any atom is -0.378 e. The summed E-state index contributed by atoms with van der Waals surface area (Å²) in [4.78, 5) is 2.15. The Bertz CT molecular complexity index is 1030. The van der Waals surface area contributed by atoms with E-state index in [1.165, 1.54) is 0 Å². The number of nitriles is 1. The van der Waals surface area contributed by atoms with Crippen LogP contribution in [0.1, 0.15) is 17.0 Å². The second kappa shape index (κ2) is 8.07. The molecular formula is C22H21N5O. The van der Waals surface area contributed by atoms with Crippen molar-refractivity contribution in [3.05, 3.63) is 71.5 Å². The van der Waals surface area contributed by atoms with Gasteiger partial charge in [0, 0.05) is 13.1 Å². The van der Waals surface area contributed by atoms with Crippen molar-refractivity contribution in [3.63, 3.8) is 0 Å². The van der Waals surface area contributed by atoms with Crippen LogP contribution in [-0.4, -0.2) is 41.1 Å². The Labute approximate surface area is 164 Å². The van der Waals surface area contributed by atoms with Crippen LogP contribution in [0.5, 0.6) is 0 Å². The van der Waals surface area contributed by atoms with Crippen LogP contribution < -0.4 is 4.90 Å². The molecule has 140 valence electrons. The van der Waals surface area contributed by atoms with Gasteiger partial charge in [0.25, 0.3) is 0 Å². The van der Waals surface area contributed by atoms with Crippen LogP contribution in [0.25, 0.3) is 17.3 Å². The van der Waals surface area contributed by atoms with E-state index in [0.29, 0.717) is 24.6 Å². The summed E-state index contributed by atoms with van der Waals surface area (Å²) in [5, 5.41) is 18.7. The van der Waals surface area contributed by atoms with Gasteiger partial charge >= 0.3 is 0 Å². The third-order valence-corrected chi connectivity index (χ3v) is 4.80. The highest BCUT2D eigenvalue weighted by Crippen LogP contribution is 2.26. The first-order valence-electron chi connectivity index (χ1n) is 9.29. The van der Waals surface area contributed by atoms with E-state index in [0.717, 1.165) is 35.9 Å². The van der Waals surface area contributed by atoms with Gasteiger partial charge in [0.1, 0.15) is 6.07 Å². The molecule has 0 unspecified atom stereocenters. The molecule has 2 aromatic carbocycles. The van der Waals surface area contributed by atoms with Crippen LogP contribution in [-0.2, 0) is 4.74 Å². The zero-order valence-corrected chi connectivity index (χ0v) is 15.7. The van der Waals surface area contributed by atoms with Gasteiger partial charge in [-0.3, -0.25) is 4.57 Å². The molecule has 0 saturated carbocycles. The summed E-state index contributed by atoms with van der Waals surface area (Å²) in [6.07, 6.45) is 1.88. The lowest BCUT2D eigenvalue weighted by molar-refractivity contribution is 0.122. The number of ether oxygens (including phenoxy) is 1. The maximum absolute atomic E-state index is 9.89. The lowest BCUT2D eigenvalue weighted by atomic mass is 10.1. The molecule has 4 rings (SSSR count). The number of morpholine rings is 1. The molecule has 1 aliphatic heterocycles. The highest BCUT2D eigenvalue weighted by molar-refractivity contribution is 5.88. The van der Waals surface area contributed by atoms with Crippen molar-refractivity contribution in [3.8, 4) is 11.8 Å². The van der Waals surface area contributed by atoms with Crippen molar-refractivity contribution in [1.82, 2.24) is 14.8 Å². The number of hydrogen-bond acceptors (Lipinski definition) is 5. The topological polar surface area (TPSA) is 67.0 Å². The second-order valence-electron chi connectivity index (χ2n) is 6.62. The average Bonchev–Trinajstić information content (AvgIpc) is 3.19. The Balaban J connectivity index is 1.85. The van der Waals surface area contributed by atoms with Crippen LogP contribution in [0.3, 0.4) is 0 Å². The number of anilines is 1. The zero-order valence-electron chi connectivity index (χ0n) is 15.7. The molecule has 0 radical (unpaired) electrons. The summed E-state index contributed by atoms with van der Waals surface area (Å²) in [5.74, 6) is 1.27. The molecular weight excluding hydrogens is 350 g/mol. The summed E-state index contributed by atoms with van der Waals surface area (Å²) in [6.45, 7) is 4.83. The maximum atomic E-state index is 9.89. The number of benzene rings is 2. The number of aromatic nitrogens is 3. The summed E-state index contributed by atoms with van der Waals surface area (Å²) >= 11 is 0. The van der Waals surface area contributed by atoms with Crippen LogP contribution in [0, 0.1) is 18.3 Å². The van der Waals surface area contributed by atoms with Crippen LogP contribution in [0.15, 0.2) is 54.6 Å². The number of hydrogen-bond donors (Lipinski definition) is 0. The Morgan fingerprint density at radius 2 is 1.75 bits per heavy atom. The van der Waals surface area contributed by atoms with Crippen LogP contribution in [0.2, 0.25) is 0 Å². The normalized spacial score (nSPS) is 14.7. The van der Waals surface area contributed by atoms with E-state index in [1.54, 1.807) is 0 Å². The highest BCUT2D eigenvalue weighted by Gasteiger charge is 2.23. The van der Waals surface area contributed by atoms with E-state index in [1.807, 2.05) is 72.2 Å². The number of aryl methyl sites for hydroxylation is 1. The van der Waals surface area contributed by atoms with E-state index in [9.17, 15) is 5.26 Å². The number of nitrogens with zero attached hydrogens (tertiary/aromatic N) is 5. The van der Waals surface area contributed by atoms with Gasteiger partial charge in [-0.05, 0) is 36.3 Å². The molecule has 1 fully saturated rings. The quantitative estimate of drug-likeness (QED) is 0.657. The molecule has 28 heavy (non-hydrogen) atoms. The fraction of sp³-hybridized carbons (Fsp3) is 0.227. The SMILES string of the molecule is Cc1ccccc1/C=C(\C#N)c1nnc(N2CCOCC2)n1-c1ccccc1. The van der Waals surface area contributed by atoms with Crippen molar-refractivity contribution in [2.24, 2.45) is 0 Å². The predicted octanol–water partition coefficient (Wildman–Crippen LogP) is 3.48. The van der Waals surface area contributed by atoms with Gasteiger partial charge in [-0.25, -0.2) is 0 Å².